The number of hydrogen-bond donors (Lipinski definition) is 2. The van der Waals surface area contributed by atoms with Gasteiger partial charge >= 0.3 is 0 Å². The zero-order chi connectivity index (χ0) is 13.3. The third kappa shape index (κ3) is 3.05. The molecular formula is C15H28N2O. The molecular weight excluding hydrogens is 224 g/mol. The van der Waals surface area contributed by atoms with Crippen LogP contribution in [0.25, 0.3) is 0 Å². The molecule has 0 radical (unpaired) electrons. The number of carbonyl (C=O) groups is 1. The Morgan fingerprint density at radius 2 is 2.00 bits per heavy atom. The first kappa shape index (κ1) is 13.9. The second-order valence-electron chi connectivity index (χ2n) is 6.87. The Morgan fingerprint density at radius 1 is 1.28 bits per heavy atom. The van der Waals surface area contributed by atoms with Crippen molar-refractivity contribution in [3.8, 4) is 0 Å². The fraction of sp³-hybridized carbons (Fsp3) is 0.933. The van der Waals surface area contributed by atoms with Gasteiger partial charge < -0.3 is 11.1 Å². The normalized spacial score (nSPS) is 33.7. The second-order valence-corrected chi connectivity index (χ2v) is 6.87. The summed E-state index contributed by atoms with van der Waals surface area (Å²) in [6.45, 7) is 6.37. The van der Waals surface area contributed by atoms with E-state index in [0.717, 1.165) is 18.3 Å². The molecule has 2 fully saturated rings. The van der Waals surface area contributed by atoms with Gasteiger partial charge in [-0.05, 0) is 56.3 Å². The molecule has 3 nitrogen and oxygen atoms in total. The molecule has 2 rings (SSSR count). The Kier molecular flexibility index (Phi) is 4.31. The molecule has 3 N–H and O–H groups in total. The Hall–Kier alpha value is -0.570. The Morgan fingerprint density at radius 3 is 2.50 bits per heavy atom. The molecule has 104 valence electrons. The summed E-state index contributed by atoms with van der Waals surface area (Å²) in [6.07, 6.45) is 6.26. The van der Waals surface area contributed by atoms with Crippen LogP contribution in [0.2, 0.25) is 0 Å². The number of fused-ring (bicyclic) bond motifs is 2. The predicted octanol–water partition coefficient (Wildman–Crippen LogP) is 2.30. The van der Waals surface area contributed by atoms with Gasteiger partial charge in [-0.15, -0.1) is 0 Å². The van der Waals surface area contributed by atoms with Crippen LogP contribution in [0.15, 0.2) is 0 Å². The van der Waals surface area contributed by atoms with E-state index < -0.39 is 0 Å². The quantitative estimate of drug-likeness (QED) is 0.789. The summed E-state index contributed by atoms with van der Waals surface area (Å²) < 4.78 is 0. The fourth-order valence-corrected chi connectivity index (χ4v) is 3.96. The van der Waals surface area contributed by atoms with Gasteiger partial charge in [0, 0.05) is 6.04 Å². The molecule has 2 bridgehead atoms. The van der Waals surface area contributed by atoms with Crippen LogP contribution in [0, 0.1) is 23.7 Å². The van der Waals surface area contributed by atoms with E-state index >= 15 is 0 Å². The number of nitrogens with two attached hydrogens (primary N) is 1. The van der Waals surface area contributed by atoms with Crippen LogP contribution in [-0.2, 0) is 4.79 Å². The second kappa shape index (κ2) is 5.60. The van der Waals surface area contributed by atoms with E-state index in [4.69, 9.17) is 5.73 Å². The van der Waals surface area contributed by atoms with Gasteiger partial charge in [0.15, 0.2) is 0 Å². The Balaban J connectivity index is 1.80. The molecule has 0 aromatic heterocycles. The summed E-state index contributed by atoms with van der Waals surface area (Å²) in [4.78, 5) is 12.0. The summed E-state index contributed by atoms with van der Waals surface area (Å²) in [5.41, 5.74) is 5.93. The third-order valence-electron chi connectivity index (χ3n) is 4.87. The van der Waals surface area contributed by atoms with E-state index in [9.17, 15) is 4.79 Å². The zero-order valence-corrected chi connectivity index (χ0v) is 12.0. The standard InChI is InChI=1S/C15H28N2O/c1-9(2)6-14(16)15(18)17-10(3)13-8-11-4-5-12(13)7-11/h9-14H,4-8,16H2,1-3H3,(H,17,18)/t10?,11?,12?,13?,14-/m0/s1. The highest BCUT2D eigenvalue weighted by Gasteiger charge is 2.42. The van der Waals surface area contributed by atoms with Gasteiger partial charge in [0.05, 0.1) is 6.04 Å². The number of amides is 1. The van der Waals surface area contributed by atoms with Gasteiger partial charge in [-0.1, -0.05) is 20.3 Å². The first-order chi connectivity index (χ1) is 8.47. The molecule has 0 saturated heterocycles. The van der Waals surface area contributed by atoms with Crippen molar-refractivity contribution in [1.82, 2.24) is 5.32 Å². The minimum absolute atomic E-state index is 0.0407. The molecule has 0 aromatic carbocycles. The third-order valence-corrected chi connectivity index (χ3v) is 4.87. The molecule has 2 saturated carbocycles. The molecule has 0 heterocycles. The number of carbonyl (C=O) groups excluding carboxylic acids is 1. The molecule has 1 amide bonds. The van der Waals surface area contributed by atoms with Gasteiger partial charge in [0.2, 0.25) is 5.91 Å². The van der Waals surface area contributed by atoms with E-state index in [2.05, 4.69) is 26.1 Å². The summed E-state index contributed by atoms with van der Waals surface area (Å²) in [6, 6.07) is -0.0444. The van der Waals surface area contributed by atoms with Crippen molar-refractivity contribution in [2.75, 3.05) is 0 Å². The summed E-state index contributed by atoms with van der Waals surface area (Å²) in [5.74, 6) is 3.00. The lowest BCUT2D eigenvalue weighted by Gasteiger charge is -2.29. The van der Waals surface area contributed by atoms with E-state index in [1.165, 1.54) is 25.7 Å². The van der Waals surface area contributed by atoms with Crippen LogP contribution < -0.4 is 11.1 Å². The highest BCUT2D eigenvalue weighted by atomic mass is 16.2. The van der Waals surface area contributed by atoms with Crippen molar-refractivity contribution in [3.05, 3.63) is 0 Å². The van der Waals surface area contributed by atoms with Gasteiger partial charge in [0.1, 0.15) is 0 Å². The summed E-state index contributed by atoms with van der Waals surface area (Å²) in [7, 11) is 0. The number of rotatable bonds is 5. The number of hydrogen-bond acceptors (Lipinski definition) is 2. The van der Waals surface area contributed by atoms with Gasteiger partial charge in [-0.3, -0.25) is 4.79 Å². The van der Waals surface area contributed by atoms with Crippen molar-refractivity contribution in [2.24, 2.45) is 29.4 Å². The van der Waals surface area contributed by atoms with Crippen molar-refractivity contribution in [2.45, 2.75) is 65.0 Å². The van der Waals surface area contributed by atoms with Crippen molar-refractivity contribution >= 4 is 5.91 Å². The largest absolute Gasteiger partial charge is 0.352 e. The molecule has 3 heteroatoms. The van der Waals surface area contributed by atoms with Crippen molar-refractivity contribution in [1.29, 1.82) is 0 Å². The highest BCUT2D eigenvalue weighted by molar-refractivity contribution is 5.81. The zero-order valence-electron chi connectivity index (χ0n) is 12.0. The van der Waals surface area contributed by atoms with E-state index in [0.29, 0.717) is 17.9 Å². The lowest BCUT2D eigenvalue weighted by Crippen LogP contribution is -2.48. The minimum atomic E-state index is -0.342. The summed E-state index contributed by atoms with van der Waals surface area (Å²) >= 11 is 0. The molecule has 4 unspecified atom stereocenters. The van der Waals surface area contributed by atoms with E-state index in [-0.39, 0.29) is 11.9 Å². The summed E-state index contributed by atoms with van der Waals surface area (Å²) in [5, 5.41) is 3.15. The Bertz CT molecular complexity index is 303. The molecule has 0 aliphatic heterocycles. The van der Waals surface area contributed by atoms with Crippen molar-refractivity contribution in [3.63, 3.8) is 0 Å². The SMILES string of the molecule is CC(C)C[C@H](N)C(=O)NC(C)C1CC2CCC1C2. The first-order valence-corrected chi connectivity index (χ1v) is 7.53. The van der Waals surface area contributed by atoms with E-state index in [1.807, 2.05) is 0 Å². The van der Waals surface area contributed by atoms with Crippen LogP contribution in [0.5, 0.6) is 0 Å². The molecule has 0 spiro atoms. The van der Waals surface area contributed by atoms with Crippen LogP contribution in [-0.4, -0.2) is 18.0 Å². The minimum Gasteiger partial charge on any atom is -0.352 e. The first-order valence-electron chi connectivity index (χ1n) is 7.53. The van der Waals surface area contributed by atoms with Gasteiger partial charge in [0.25, 0.3) is 0 Å². The Labute approximate surface area is 111 Å². The number of nitrogens with one attached hydrogen (secondary N) is 1. The van der Waals surface area contributed by atoms with Crippen LogP contribution in [0.1, 0.15) is 52.9 Å². The maximum atomic E-state index is 12.0. The molecule has 5 atom stereocenters. The maximum Gasteiger partial charge on any atom is 0.237 e. The average molecular weight is 252 g/mol. The monoisotopic (exact) mass is 252 g/mol. The van der Waals surface area contributed by atoms with Crippen LogP contribution >= 0.6 is 0 Å². The van der Waals surface area contributed by atoms with Gasteiger partial charge in [-0.2, -0.15) is 0 Å². The van der Waals surface area contributed by atoms with Gasteiger partial charge in [-0.25, -0.2) is 0 Å². The van der Waals surface area contributed by atoms with Crippen molar-refractivity contribution < 1.29 is 4.79 Å². The molecule has 18 heavy (non-hydrogen) atoms. The maximum absolute atomic E-state index is 12.0. The average Bonchev–Trinajstić information content (AvgIpc) is 2.89. The fourth-order valence-electron chi connectivity index (χ4n) is 3.96. The predicted molar refractivity (Wildman–Crippen MR) is 74.0 cm³/mol. The lowest BCUT2D eigenvalue weighted by molar-refractivity contribution is -0.123. The molecule has 2 aliphatic carbocycles. The molecule has 0 aromatic rings. The van der Waals surface area contributed by atoms with Crippen LogP contribution in [0.3, 0.4) is 0 Å². The van der Waals surface area contributed by atoms with E-state index in [1.54, 1.807) is 0 Å². The topological polar surface area (TPSA) is 55.1 Å². The lowest BCUT2D eigenvalue weighted by atomic mass is 9.84. The smallest absolute Gasteiger partial charge is 0.237 e. The van der Waals surface area contributed by atoms with Crippen LogP contribution in [0.4, 0.5) is 0 Å². The molecule has 2 aliphatic rings. The highest BCUT2D eigenvalue weighted by Crippen LogP contribution is 2.49.